The molecule has 1 atom stereocenters. The highest BCUT2D eigenvalue weighted by molar-refractivity contribution is 4.93. The second-order valence-corrected chi connectivity index (χ2v) is 4.26. The number of aliphatic hydroxyl groups is 1. The molecule has 7 heteroatoms. The molecule has 0 saturated carbocycles. The topological polar surface area (TPSA) is 92.5 Å². The number of aromatic nitrogens is 6. The minimum Gasteiger partial charge on any atom is -0.391 e. The van der Waals surface area contributed by atoms with Crippen LogP contribution in [0.25, 0.3) is 0 Å². The maximum absolute atomic E-state index is 9.62. The van der Waals surface area contributed by atoms with Gasteiger partial charge in [0.05, 0.1) is 12.6 Å². The second kappa shape index (κ2) is 5.72. The van der Waals surface area contributed by atoms with Gasteiger partial charge in [0, 0.05) is 12.8 Å². The summed E-state index contributed by atoms with van der Waals surface area (Å²) in [6.07, 6.45) is 3.27. The summed E-state index contributed by atoms with van der Waals surface area (Å²) in [5, 5.41) is 20.6. The van der Waals surface area contributed by atoms with Crippen molar-refractivity contribution in [3.8, 4) is 0 Å². The molecule has 0 spiro atoms. The van der Waals surface area contributed by atoms with Gasteiger partial charge in [-0.15, -0.1) is 0 Å². The first kappa shape index (κ1) is 12.7. The van der Waals surface area contributed by atoms with Gasteiger partial charge in [0.1, 0.15) is 18.0 Å². The van der Waals surface area contributed by atoms with Crippen LogP contribution >= 0.6 is 0 Å². The number of nitrogens with one attached hydrogen (secondary N) is 1. The minimum absolute atomic E-state index is 0.379. The molecule has 2 aromatic rings. The summed E-state index contributed by atoms with van der Waals surface area (Å²) in [5.74, 6) is 2.44. The van der Waals surface area contributed by atoms with E-state index in [9.17, 15) is 5.11 Å². The zero-order chi connectivity index (χ0) is 13.0. The van der Waals surface area contributed by atoms with Crippen molar-refractivity contribution in [2.45, 2.75) is 45.8 Å². The molecule has 2 N–H and O–H groups in total. The number of aryl methyl sites for hydroxylation is 3. The number of hydrogen-bond donors (Lipinski definition) is 2. The lowest BCUT2D eigenvalue weighted by molar-refractivity contribution is 0.143. The van der Waals surface area contributed by atoms with E-state index in [1.807, 2.05) is 13.8 Å². The van der Waals surface area contributed by atoms with E-state index in [1.54, 1.807) is 4.68 Å². The van der Waals surface area contributed by atoms with Crippen LogP contribution in [0, 0.1) is 6.92 Å². The van der Waals surface area contributed by atoms with E-state index in [1.165, 1.54) is 6.33 Å². The molecule has 2 heterocycles. The van der Waals surface area contributed by atoms with Crippen molar-refractivity contribution < 1.29 is 5.11 Å². The van der Waals surface area contributed by atoms with Gasteiger partial charge >= 0.3 is 0 Å². The van der Waals surface area contributed by atoms with Crippen molar-refractivity contribution in [1.82, 2.24) is 29.9 Å². The van der Waals surface area contributed by atoms with Crippen LogP contribution in [0.2, 0.25) is 0 Å². The van der Waals surface area contributed by atoms with Gasteiger partial charge in [-0.05, 0) is 13.3 Å². The van der Waals surface area contributed by atoms with Crippen LogP contribution in [-0.2, 0) is 19.4 Å². The summed E-state index contributed by atoms with van der Waals surface area (Å²) in [5.41, 5.74) is 0. The summed E-state index contributed by atoms with van der Waals surface area (Å²) >= 11 is 0. The molecule has 0 amide bonds. The molecule has 98 valence electrons. The van der Waals surface area contributed by atoms with Crippen LogP contribution in [0.1, 0.15) is 30.8 Å². The van der Waals surface area contributed by atoms with E-state index in [0.29, 0.717) is 25.8 Å². The molecule has 0 unspecified atom stereocenters. The van der Waals surface area contributed by atoms with Gasteiger partial charge in [-0.25, -0.2) is 14.6 Å². The quantitative estimate of drug-likeness (QED) is 0.767. The van der Waals surface area contributed by atoms with Gasteiger partial charge in [0.25, 0.3) is 0 Å². The molecule has 0 aliphatic rings. The number of nitrogens with zero attached hydrogens (tertiary/aromatic N) is 5. The Hall–Kier alpha value is -1.76. The van der Waals surface area contributed by atoms with E-state index < -0.39 is 0 Å². The number of hydrogen-bond acceptors (Lipinski definition) is 5. The molecular formula is C11H18N6O. The van der Waals surface area contributed by atoms with Gasteiger partial charge in [0.15, 0.2) is 5.82 Å². The average molecular weight is 250 g/mol. The average Bonchev–Trinajstić information content (AvgIpc) is 2.96. The number of rotatable bonds is 6. The Morgan fingerprint density at radius 3 is 2.94 bits per heavy atom. The lowest BCUT2D eigenvalue weighted by Crippen LogP contribution is -2.18. The third-order valence-corrected chi connectivity index (χ3v) is 2.77. The van der Waals surface area contributed by atoms with Crippen LogP contribution in [0.4, 0.5) is 0 Å². The molecule has 7 nitrogen and oxygen atoms in total. The van der Waals surface area contributed by atoms with E-state index in [-0.39, 0.29) is 6.10 Å². The SMILES string of the molecule is CC[C@@H](O)Cn1ncnc1CCc1n[nH]c(C)n1. The van der Waals surface area contributed by atoms with Crippen molar-refractivity contribution >= 4 is 0 Å². The molecule has 0 fully saturated rings. The van der Waals surface area contributed by atoms with E-state index in [0.717, 1.165) is 17.5 Å². The monoisotopic (exact) mass is 250 g/mol. The van der Waals surface area contributed by atoms with E-state index in [4.69, 9.17) is 0 Å². The predicted octanol–water partition coefficient (Wildman–Crippen LogP) is 0.261. The van der Waals surface area contributed by atoms with Crippen molar-refractivity contribution in [1.29, 1.82) is 0 Å². The zero-order valence-electron chi connectivity index (χ0n) is 10.7. The van der Waals surface area contributed by atoms with Crippen molar-refractivity contribution in [3.05, 3.63) is 23.8 Å². The van der Waals surface area contributed by atoms with E-state index >= 15 is 0 Å². The first-order valence-corrected chi connectivity index (χ1v) is 6.11. The Morgan fingerprint density at radius 2 is 2.28 bits per heavy atom. The standard InChI is InChI=1S/C11H18N6O/c1-3-9(18)6-17-11(12-7-13-17)5-4-10-14-8(2)15-16-10/h7,9,18H,3-6H2,1-2H3,(H,14,15,16)/t9-/m1/s1. The number of H-pyrrole nitrogens is 1. The van der Waals surface area contributed by atoms with Crippen LogP contribution in [-0.4, -0.2) is 41.2 Å². The van der Waals surface area contributed by atoms with Crippen molar-refractivity contribution in [3.63, 3.8) is 0 Å². The first-order valence-electron chi connectivity index (χ1n) is 6.11. The molecule has 0 aromatic carbocycles. The molecule has 0 aliphatic carbocycles. The van der Waals surface area contributed by atoms with E-state index in [2.05, 4.69) is 25.3 Å². The van der Waals surface area contributed by atoms with Crippen LogP contribution < -0.4 is 0 Å². The highest BCUT2D eigenvalue weighted by Gasteiger charge is 2.10. The molecule has 2 aromatic heterocycles. The third-order valence-electron chi connectivity index (χ3n) is 2.77. The van der Waals surface area contributed by atoms with Crippen LogP contribution in [0.3, 0.4) is 0 Å². The third kappa shape index (κ3) is 3.13. The summed E-state index contributed by atoms with van der Waals surface area (Å²) in [6, 6.07) is 0. The van der Waals surface area contributed by atoms with Gasteiger partial charge in [-0.3, -0.25) is 5.10 Å². The maximum Gasteiger partial charge on any atom is 0.151 e. The summed E-state index contributed by atoms with van der Waals surface area (Å²) < 4.78 is 1.74. The van der Waals surface area contributed by atoms with Gasteiger partial charge in [-0.1, -0.05) is 6.92 Å². The minimum atomic E-state index is -0.379. The molecule has 2 rings (SSSR count). The first-order chi connectivity index (χ1) is 8.69. The molecule has 0 radical (unpaired) electrons. The molecule has 0 saturated heterocycles. The lowest BCUT2D eigenvalue weighted by atomic mass is 10.2. The Kier molecular flexibility index (Phi) is 4.03. The number of aromatic amines is 1. The molecule has 18 heavy (non-hydrogen) atoms. The summed E-state index contributed by atoms with van der Waals surface area (Å²) in [6.45, 7) is 4.30. The van der Waals surface area contributed by atoms with Crippen molar-refractivity contribution in [2.75, 3.05) is 0 Å². The predicted molar refractivity (Wildman–Crippen MR) is 64.8 cm³/mol. The summed E-state index contributed by atoms with van der Waals surface area (Å²) in [4.78, 5) is 8.44. The molecular weight excluding hydrogens is 232 g/mol. The number of aliphatic hydroxyl groups excluding tert-OH is 1. The molecule has 0 bridgehead atoms. The Morgan fingerprint density at radius 1 is 1.44 bits per heavy atom. The summed E-state index contributed by atoms with van der Waals surface area (Å²) in [7, 11) is 0. The van der Waals surface area contributed by atoms with Gasteiger partial charge in [0.2, 0.25) is 0 Å². The van der Waals surface area contributed by atoms with Crippen molar-refractivity contribution in [2.24, 2.45) is 0 Å². The Bertz CT molecular complexity index is 491. The normalized spacial score (nSPS) is 12.8. The Balaban J connectivity index is 1.95. The zero-order valence-corrected chi connectivity index (χ0v) is 10.7. The Labute approximate surface area is 105 Å². The second-order valence-electron chi connectivity index (χ2n) is 4.26. The maximum atomic E-state index is 9.62. The molecule has 0 aliphatic heterocycles. The highest BCUT2D eigenvalue weighted by atomic mass is 16.3. The fourth-order valence-electron chi connectivity index (χ4n) is 1.69. The van der Waals surface area contributed by atoms with Gasteiger partial charge < -0.3 is 5.11 Å². The smallest absolute Gasteiger partial charge is 0.151 e. The lowest BCUT2D eigenvalue weighted by Gasteiger charge is -2.09. The highest BCUT2D eigenvalue weighted by Crippen LogP contribution is 2.03. The van der Waals surface area contributed by atoms with Gasteiger partial charge in [-0.2, -0.15) is 10.2 Å². The van der Waals surface area contributed by atoms with Crippen LogP contribution in [0.5, 0.6) is 0 Å². The fraction of sp³-hybridized carbons (Fsp3) is 0.636. The van der Waals surface area contributed by atoms with Crippen LogP contribution in [0.15, 0.2) is 6.33 Å². The fourth-order valence-corrected chi connectivity index (χ4v) is 1.69. The largest absolute Gasteiger partial charge is 0.391 e.